The van der Waals surface area contributed by atoms with Crippen molar-refractivity contribution in [1.82, 2.24) is 9.35 Å². The summed E-state index contributed by atoms with van der Waals surface area (Å²) in [4.78, 5) is 8.19. The van der Waals surface area contributed by atoms with Gasteiger partial charge in [-0.2, -0.15) is 0 Å². The Kier molecular flexibility index (Phi) is 5.84. The lowest BCUT2D eigenvalue weighted by molar-refractivity contribution is 0.587. The minimum absolute atomic E-state index is 0.368. The number of aromatic nitrogens is 2. The van der Waals surface area contributed by atoms with Gasteiger partial charge in [0.2, 0.25) is 0 Å². The number of rotatable bonds is 5. The first-order valence-electron chi connectivity index (χ1n) is 11.7. The Bertz CT molecular complexity index is 1700. The monoisotopic (exact) mass is 510 g/mol. The lowest BCUT2D eigenvalue weighted by atomic mass is 10.1. The molecule has 0 amide bonds. The Morgan fingerprint density at radius 3 is 1.24 bits per heavy atom. The second-order valence-corrected chi connectivity index (χ2v) is 8.55. The molecule has 38 heavy (non-hydrogen) atoms. The largest absolute Gasteiger partial charge is 0.256 e. The Morgan fingerprint density at radius 2 is 0.842 bits per heavy atom. The summed E-state index contributed by atoms with van der Waals surface area (Å²) >= 11 is 0. The average Bonchev–Trinajstić information content (AvgIpc) is 3.53. The van der Waals surface area contributed by atoms with Gasteiger partial charge in [0.1, 0.15) is 11.4 Å². The maximum absolute atomic E-state index is 14.2. The first kappa shape index (κ1) is 23.4. The molecule has 6 rings (SSSR count). The van der Waals surface area contributed by atoms with Crippen LogP contribution in [0.1, 0.15) is 11.1 Å². The number of para-hydroxylation sites is 4. The molecule has 0 aliphatic rings. The molecule has 8 heteroatoms. The van der Waals surface area contributed by atoms with E-state index in [1.54, 1.807) is 12.1 Å². The Balaban J connectivity index is 1.49. The highest BCUT2D eigenvalue weighted by Crippen LogP contribution is 2.27. The van der Waals surface area contributed by atoms with Crippen molar-refractivity contribution < 1.29 is 17.6 Å². The Morgan fingerprint density at radius 1 is 0.474 bits per heavy atom. The van der Waals surface area contributed by atoms with E-state index < -0.39 is 23.3 Å². The first-order valence-corrected chi connectivity index (χ1v) is 11.7. The number of aliphatic imine (C=N–C) groups is 2. The topological polar surface area (TPSA) is 34.6 Å². The molecular weight excluding hydrogens is 492 g/mol. The summed E-state index contributed by atoms with van der Waals surface area (Å²) < 4.78 is 60.4. The Labute approximate surface area is 214 Å². The molecule has 0 unspecified atom stereocenters. The van der Waals surface area contributed by atoms with E-state index in [9.17, 15) is 17.6 Å². The van der Waals surface area contributed by atoms with Gasteiger partial charge in [0.25, 0.3) is 0 Å². The van der Waals surface area contributed by atoms with Gasteiger partial charge in [-0.1, -0.05) is 48.5 Å². The maximum Gasteiger partial charge on any atom is 0.151 e. The molecule has 4 aromatic carbocycles. The van der Waals surface area contributed by atoms with E-state index in [1.807, 2.05) is 58.1 Å². The fourth-order valence-electron chi connectivity index (χ4n) is 4.47. The van der Waals surface area contributed by atoms with E-state index >= 15 is 0 Å². The number of nitrogens with zero attached hydrogens (tertiary/aromatic N) is 4. The van der Waals surface area contributed by atoms with Crippen LogP contribution in [-0.4, -0.2) is 21.8 Å². The normalized spacial score (nSPS) is 12.0. The third-order valence-electron chi connectivity index (χ3n) is 6.22. The zero-order valence-electron chi connectivity index (χ0n) is 19.7. The fraction of sp³-hybridized carbons (Fsp3) is 0. The summed E-state index contributed by atoms with van der Waals surface area (Å²) in [5.41, 5.74) is 2.03. The van der Waals surface area contributed by atoms with Gasteiger partial charge in [0.05, 0.1) is 11.0 Å². The van der Waals surface area contributed by atoms with Gasteiger partial charge in [0.15, 0.2) is 23.3 Å². The maximum atomic E-state index is 14.2. The van der Waals surface area contributed by atoms with Crippen molar-refractivity contribution in [2.75, 3.05) is 0 Å². The number of hydrogen-bond acceptors (Lipinski definition) is 2. The number of benzene rings is 4. The van der Waals surface area contributed by atoms with Crippen LogP contribution in [0.5, 0.6) is 0 Å². The molecule has 2 aromatic heterocycles. The molecule has 2 heterocycles. The van der Waals surface area contributed by atoms with E-state index in [4.69, 9.17) is 0 Å². The highest BCUT2D eigenvalue weighted by atomic mass is 19.1. The van der Waals surface area contributed by atoms with Crippen molar-refractivity contribution in [1.29, 1.82) is 0 Å². The lowest BCUT2D eigenvalue weighted by Gasteiger charge is -2.12. The molecule has 0 saturated heterocycles. The second-order valence-electron chi connectivity index (χ2n) is 8.55. The van der Waals surface area contributed by atoms with Gasteiger partial charge in [-0.15, -0.1) is 0 Å². The molecule has 0 aliphatic carbocycles. The van der Waals surface area contributed by atoms with Crippen molar-refractivity contribution in [2.45, 2.75) is 0 Å². The van der Waals surface area contributed by atoms with Gasteiger partial charge in [-0.05, 0) is 36.4 Å². The van der Waals surface area contributed by atoms with Gasteiger partial charge in [-0.3, -0.25) is 9.35 Å². The summed E-state index contributed by atoms with van der Waals surface area (Å²) in [6.07, 6.45) is 6.57. The van der Waals surface area contributed by atoms with E-state index in [0.29, 0.717) is 11.1 Å². The van der Waals surface area contributed by atoms with Crippen molar-refractivity contribution in [2.24, 2.45) is 9.98 Å². The predicted molar refractivity (Wildman–Crippen MR) is 142 cm³/mol. The van der Waals surface area contributed by atoms with E-state index in [2.05, 4.69) is 9.98 Å². The SMILES string of the molecule is Fc1cccc(F)c1N=Cc1cccc2ccn(-n3ccc4cccc(C=Nc5c(F)cccc5F)c43)c12. The van der Waals surface area contributed by atoms with Gasteiger partial charge in [-0.25, -0.2) is 27.5 Å². The summed E-state index contributed by atoms with van der Waals surface area (Å²) in [6, 6.07) is 22.1. The van der Waals surface area contributed by atoms with Crippen LogP contribution in [0.15, 0.2) is 107 Å². The van der Waals surface area contributed by atoms with Crippen LogP contribution in [0.3, 0.4) is 0 Å². The molecular formula is C30H18F4N4. The number of fused-ring (bicyclic) bond motifs is 2. The highest BCUT2D eigenvalue weighted by Gasteiger charge is 2.13. The zero-order valence-corrected chi connectivity index (χ0v) is 19.7. The van der Waals surface area contributed by atoms with Gasteiger partial charge < -0.3 is 0 Å². The third kappa shape index (κ3) is 4.06. The van der Waals surface area contributed by atoms with E-state index in [-0.39, 0.29) is 11.4 Å². The molecule has 0 saturated carbocycles. The van der Waals surface area contributed by atoms with E-state index in [0.717, 1.165) is 46.1 Å². The predicted octanol–water partition coefficient (Wildman–Crippen LogP) is 7.97. The molecule has 186 valence electrons. The Hall–Kier alpha value is -4.98. The lowest BCUT2D eigenvalue weighted by Crippen LogP contribution is -2.08. The van der Waals surface area contributed by atoms with E-state index in [1.165, 1.54) is 24.6 Å². The fourth-order valence-corrected chi connectivity index (χ4v) is 4.47. The minimum atomic E-state index is -0.754. The van der Waals surface area contributed by atoms with Crippen LogP contribution >= 0.6 is 0 Å². The van der Waals surface area contributed by atoms with Crippen LogP contribution in [0.2, 0.25) is 0 Å². The summed E-state index contributed by atoms with van der Waals surface area (Å²) in [7, 11) is 0. The van der Waals surface area contributed by atoms with Crippen molar-refractivity contribution in [3.8, 4) is 0 Å². The molecule has 0 N–H and O–H groups in total. The zero-order chi connectivity index (χ0) is 26.2. The standard InChI is InChI=1S/C30H18F4N4/c31-23-9-3-10-24(32)27(23)35-17-21-7-1-5-19-13-15-37(29(19)21)38-16-14-20-6-2-8-22(30(20)38)18-36-28-25(33)11-4-12-26(28)34/h1-18H. The van der Waals surface area contributed by atoms with Gasteiger partial charge >= 0.3 is 0 Å². The van der Waals surface area contributed by atoms with Crippen molar-refractivity contribution in [3.63, 3.8) is 0 Å². The van der Waals surface area contributed by atoms with Crippen LogP contribution in [0, 0.1) is 23.3 Å². The van der Waals surface area contributed by atoms with Gasteiger partial charge in [0, 0.05) is 46.7 Å². The van der Waals surface area contributed by atoms with Crippen LogP contribution in [0.4, 0.5) is 28.9 Å². The van der Waals surface area contributed by atoms with Crippen molar-refractivity contribution >= 4 is 45.6 Å². The van der Waals surface area contributed by atoms with Crippen LogP contribution < -0.4 is 0 Å². The molecule has 6 aromatic rings. The average molecular weight is 510 g/mol. The molecule has 4 nitrogen and oxygen atoms in total. The van der Waals surface area contributed by atoms with Crippen LogP contribution in [-0.2, 0) is 0 Å². The third-order valence-corrected chi connectivity index (χ3v) is 6.22. The minimum Gasteiger partial charge on any atom is -0.256 e. The molecule has 0 radical (unpaired) electrons. The number of halogens is 4. The summed E-state index contributed by atoms with van der Waals surface area (Å²) in [5.74, 6) is -3.02. The first-order chi connectivity index (χ1) is 18.5. The summed E-state index contributed by atoms with van der Waals surface area (Å²) in [6.45, 7) is 0. The second kappa shape index (κ2) is 9.48. The highest BCUT2D eigenvalue weighted by molar-refractivity contribution is 6.01. The van der Waals surface area contributed by atoms with Crippen LogP contribution in [0.25, 0.3) is 21.8 Å². The smallest absolute Gasteiger partial charge is 0.151 e. The molecule has 0 fully saturated rings. The summed E-state index contributed by atoms with van der Waals surface area (Å²) in [5, 5.41) is 1.76. The number of hydrogen-bond donors (Lipinski definition) is 0. The molecule has 0 atom stereocenters. The molecule has 0 aliphatic heterocycles. The molecule has 0 bridgehead atoms. The van der Waals surface area contributed by atoms with Crippen molar-refractivity contribution in [3.05, 3.63) is 132 Å². The molecule has 0 spiro atoms. The quantitative estimate of drug-likeness (QED) is 0.167.